The molecule has 0 radical (unpaired) electrons. The highest BCUT2D eigenvalue weighted by Crippen LogP contribution is 2.35. The smallest absolute Gasteiger partial charge is 0.221 e. The monoisotopic (exact) mass is 443 g/mol. The standard InChI is InChI=1S/C22H21NO7S/c1-12(24)23-17-5-3-4-16-21(17)20(27)10-14(22(16)28)8-15(11-31(2,29)30)13-6-7-18(25)19(26)9-13/h3-7,9-10,15,25-26H,8,11H2,1-2H3,(H,23,24)/t15-/m1/s1. The Morgan fingerprint density at radius 2 is 1.81 bits per heavy atom. The molecule has 3 N–H and O–H groups in total. The van der Waals surface area contributed by atoms with Crippen LogP contribution in [0.25, 0.3) is 0 Å². The van der Waals surface area contributed by atoms with Gasteiger partial charge in [0.25, 0.3) is 0 Å². The third kappa shape index (κ3) is 5.00. The molecule has 1 atom stereocenters. The van der Waals surface area contributed by atoms with Gasteiger partial charge >= 0.3 is 0 Å². The Hall–Kier alpha value is -3.46. The molecule has 1 aliphatic carbocycles. The summed E-state index contributed by atoms with van der Waals surface area (Å²) in [6.07, 6.45) is 2.15. The summed E-state index contributed by atoms with van der Waals surface area (Å²) >= 11 is 0. The number of fused-ring (bicyclic) bond motifs is 1. The van der Waals surface area contributed by atoms with Crippen molar-refractivity contribution in [1.29, 1.82) is 0 Å². The maximum atomic E-state index is 13.1. The molecule has 2 aromatic rings. The third-order valence-corrected chi connectivity index (χ3v) is 5.91. The number of Topliss-reactive ketones (excluding diaryl/α,β-unsaturated/α-hetero) is 1. The Balaban J connectivity index is 2.00. The van der Waals surface area contributed by atoms with E-state index in [2.05, 4.69) is 5.32 Å². The van der Waals surface area contributed by atoms with E-state index in [1.807, 2.05) is 0 Å². The Morgan fingerprint density at radius 1 is 1.10 bits per heavy atom. The second-order valence-electron chi connectivity index (χ2n) is 7.51. The number of hydrogen-bond donors (Lipinski definition) is 3. The lowest BCUT2D eigenvalue weighted by Gasteiger charge is -2.22. The van der Waals surface area contributed by atoms with Gasteiger partial charge in [-0.1, -0.05) is 18.2 Å². The van der Waals surface area contributed by atoms with Crippen LogP contribution in [0.3, 0.4) is 0 Å². The summed E-state index contributed by atoms with van der Waals surface area (Å²) in [5.74, 6) is -3.13. The fourth-order valence-electron chi connectivity index (χ4n) is 3.62. The lowest BCUT2D eigenvalue weighted by atomic mass is 9.83. The number of carbonyl (C=O) groups is 3. The van der Waals surface area contributed by atoms with Crippen LogP contribution in [0.15, 0.2) is 48.0 Å². The van der Waals surface area contributed by atoms with Gasteiger partial charge in [-0.3, -0.25) is 14.4 Å². The highest BCUT2D eigenvalue weighted by Gasteiger charge is 2.31. The van der Waals surface area contributed by atoms with E-state index in [1.165, 1.54) is 37.3 Å². The van der Waals surface area contributed by atoms with Crippen molar-refractivity contribution in [2.24, 2.45) is 0 Å². The number of sulfone groups is 1. The van der Waals surface area contributed by atoms with Crippen LogP contribution in [-0.4, -0.2) is 48.1 Å². The number of rotatable bonds is 6. The predicted molar refractivity (Wildman–Crippen MR) is 114 cm³/mol. The topological polar surface area (TPSA) is 138 Å². The molecule has 1 amide bonds. The van der Waals surface area contributed by atoms with Crippen molar-refractivity contribution in [3.63, 3.8) is 0 Å². The van der Waals surface area contributed by atoms with Crippen molar-refractivity contribution in [3.05, 3.63) is 64.7 Å². The molecule has 2 aromatic carbocycles. The average molecular weight is 443 g/mol. The maximum Gasteiger partial charge on any atom is 0.221 e. The van der Waals surface area contributed by atoms with Crippen LogP contribution in [0, 0.1) is 0 Å². The molecule has 0 bridgehead atoms. The number of allylic oxidation sites excluding steroid dienone is 2. The number of benzene rings is 2. The SMILES string of the molecule is CC(=O)Nc1cccc2c1C(=O)C=C(C[C@H](CS(C)(=O)=O)c1ccc(O)c(O)c1)C2=O. The van der Waals surface area contributed by atoms with Gasteiger partial charge in [0.2, 0.25) is 5.91 Å². The van der Waals surface area contributed by atoms with E-state index >= 15 is 0 Å². The highest BCUT2D eigenvalue weighted by molar-refractivity contribution is 7.90. The molecule has 31 heavy (non-hydrogen) atoms. The molecule has 0 heterocycles. The Bertz CT molecular complexity index is 1230. The fraction of sp³-hybridized carbons (Fsp3) is 0.227. The van der Waals surface area contributed by atoms with Crippen molar-refractivity contribution in [1.82, 2.24) is 0 Å². The number of carbonyl (C=O) groups excluding carboxylic acids is 3. The van der Waals surface area contributed by atoms with E-state index in [0.29, 0.717) is 5.56 Å². The van der Waals surface area contributed by atoms with Crippen molar-refractivity contribution in [2.75, 3.05) is 17.3 Å². The van der Waals surface area contributed by atoms with E-state index in [4.69, 9.17) is 0 Å². The summed E-state index contributed by atoms with van der Waals surface area (Å²) in [4.78, 5) is 37.3. The highest BCUT2D eigenvalue weighted by atomic mass is 32.2. The largest absolute Gasteiger partial charge is 0.504 e. The van der Waals surface area contributed by atoms with Crippen molar-refractivity contribution in [2.45, 2.75) is 19.3 Å². The van der Waals surface area contributed by atoms with Crippen LogP contribution in [0.2, 0.25) is 0 Å². The molecule has 0 aromatic heterocycles. The molecule has 0 unspecified atom stereocenters. The number of ketones is 2. The number of phenolic OH excluding ortho intramolecular Hbond substituents is 2. The summed E-state index contributed by atoms with van der Waals surface area (Å²) in [5, 5.41) is 21.9. The summed E-state index contributed by atoms with van der Waals surface area (Å²) in [6.45, 7) is 1.29. The molecule has 9 heteroatoms. The zero-order chi connectivity index (χ0) is 22.9. The minimum absolute atomic E-state index is 0.0638. The van der Waals surface area contributed by atoms with Gasteiger partial charge in [-0.15, -0.1) is 0 Å². The molecular formula is C22H21NO7S. The Labute approximate surface area is 179 Å². The van der Waals surface area contributed by atoms with Crippen LogP contribution < -0.4 is 5.32 Å². The van der Waals surface area contributed by atoms with Crippen LogP contribution in [0.4, 0.5) is 5.69 Å². The van der Waals surface area contributed by atoms with Crippen LogP contribution in [0.5, 0.6) is 11.5 Å². The molecule has 0 aliphatic heterocycles. The molecule has 3 rings (SSSR count). The Kier molecular flexibility index (Phi) is 5.99. The first kappa shape index (κ1) is 22.2. The van der Waals surface area contributed by atoms with Crippen LogP contribution in [-0.2, 0) is 14.6 Å². The van der Waals surface area contributed by atoms with E-state index in [0.717, 1.165) is 12.3 Å². The van der Waals surface area contributed by atoms with Gasteiger partial charge < -0.3 is 15.5 Å². The molecule has 0 saturated carbocycles. The van der Waals surface area contributed by atoms with Crippen molar-refractivity contribution < 1.29 is 33.0 Å². The van der Waals surface area contributed by atoms with Gasteiger partial charge in [-0.2, -0.15) is 0 Å². The van der Waals surface area contributed by atoms with Gasteiger partial charge in [0.15, 0.2) is 23.1 Å². The first-order valence-electron chi connectivity index (χ1n) is 9.36. The van der Waals surface area contributed by atoms with E-state index in [1.54, 1.807) is 6.07 Å². The first-order valence-corrected chi connectivity index (χ1v) is 11.4. The quantitative estimate of drug-likeness (QED) is 0.583. The van der Waals surface area contributed by atoms with Crippen LogP contribution in [0.1, 0.15) is 45.5 Å². The minimum atomic E-state index is -3.47. The normalized spacial score (nSPS) is 14.6. The van der Waals surface area contributed by atoms with E-state index < -0.39 is 33.1 Å². The number of nitrogens with one attached hydrogen (secondary N) is 1. The van der Waals surface area contributed by atoms with Crippen molar-refractivity contribution in [3.8, 4) is 11.5 Å². The number of hydrogen-bond acceptors (Lipinski definition) is 7. The molecule has 0 spiro atoms. The zero-order valence-corrected chi connectivity index (χ0v) is 17.7. The van der Waals surface area contributed by atoms with Gasteiger partial charge in [0.05, 0.1) is 17.0 Å². The van der Waals surface area contributed by atoms with E-state index in [9.17, 15) is 33.0 Å². The lowest BCUT2D eigenvalue weighted by molar-refractivity contribution is -0.114. The van der Waals surface area contributed by atoms with Gasteiger partial charge in [0.1, 0.15) is 9.84 Å². The predicted octanol–water partition coefficient (Wildman–Crippen LogP) is 2.58. The first-order chi connectivity index (χ1) is 14.5. The average Bonchev–Trinajstić information content (AvgIpc) is 2.65. The minimum Gasteiger partial charge on any atom is -0.504 e. The van der Waals surface area contributed by atoms with Gasteiger partial charge in [-0.25, -0.2) is 8.42 Å². The van der Waals surface area contributed by atoms with E-state index in [-0.39, 0.29) is 46.2 Å². The van der Waals surface area contributed by atoms with Gasteiger partial charge in [0, 0.05) is 30.2 Å². The molecule has 1 aliphatic rings. The molecular weight excluding hydrogens is 422 g/mol. The summed E-state index contributed by atoms with van der Waals surface area (Å²) < 4.78 is 24.0. The Morgan fingerprint density at radius 3 is 2.42 bits per heavy atom. The fourth-order valence-corrected chi connectivity index (χ4v) is 4.66. The second kappa shape index (κ2) is 8.35. The summed E-state index contributed by atoms with van der Waals surface area (Å²) in [5.41, 5.74) is 0.974. The molecule has 8 nitrogen and oxygen atoms in total. The molecule has 0 saturated heterocycles. The number of amides is 1. The van der Waals surface area contributed by atoms with Crippen LogP contribution >= 0.6 is 0 Å². The van der Waals surface area contributed by atoms with Gasteiger partial charge in [-0.05, 0) is 36.3 Å². The molecule has 0 fully saturated rings. The molecule has 162 valence electrons. The number of phenols is 2. The lowest BCUT2D eigenvalue weighted by Crippen LogP contribution is -2.23. The second-order valence-corrected chi connectivity index (χ2v) is 9.70. The zero-order valence-electron chi connectivity index (χ0n) is 16.9. The number of anilines is 1. The van der Waals surface area contributed by atoms with Crippen molar-refractivity contribution >= 4 is 33.0 Å². The summed E-state index contributed by atoms with van der Waals surface area (Å²) in [6, 6.07) is 8.48. The third-order valence-electron chi connectivity index (χ3n) is 4.90. The number of aromatic hydroxyl groups is 2. The summed E-state index contributed by atoms with van der Waals surface area (Å²) in [7, 11) is -3.47. The maximum absolute atomic E-state index is 13.1.